The second-order valence-corrected chi connectivity index (χ2v) is 5.65. The maximum Gasteiger partial charge on any atom is 0.419 e. The molecular formula is C12H18N2O3. The molecule has 94 valence electrons. The molecule has 0 amide bonds. The lowest BCUT2D eigenvalue weighted by Gasteiger charge is -2.19. The lowest BCUT2D eigenvalue weighted by atomic mass is 10.2. The quantitative estimate of drug-likeness (QED) is 0.852. The minimum atomic E-state index is -0.590. The van der Waals surface area contributed by atoms with Crippen LogP contribution in [-0.2, 0) is 11.2 Å². The van der Waals surface area contributed by atoms with Crippen LogP contribution in [0.5, 0.6) is 0 Å². The van der Waals surface area contributed by atoms with Gasteiger partial charge in [0.2, 0.25) is 0 Å². The molecule has 17 heavy (non-hydrogen) atoms. The van der Waals surface area contributed by atoms with Crippen LogP contribution in [0.15, 0.2) is 12.5 Å². The van der Waals surface area contributed by atoms with Gasteiger partial charge >= 0.3 is 6.09 Å². The van der Waals surface area contributed by atoms with Gasteiger partial charge in [0, 0.05) is 12.6 Å². The van der Waals surface area contributed by atoms with Crippen molar-refractivity contribution in [3.8, 4) is 0 Å². The third-order valence-electron chi connectivity index (χ3n) is 2.58. The maximum atomic E-state index is 11.7. The number of aromatic nitrogens is 2. The van der Waals surface area contributed by atoms with Gasteiger partial charge in [-0.3, -0.25) is 0 Å². The number of aliphatic hydroxyl groups is 1. The summed E-state index contributed by atoms with van der Waals surface area (Å²) < 4.78 is 6.52. The molecule has 0 aromatic carbocycles. The second kappa shape index (κ2) is 3.84. The topological polar surface area (TPSA) is 64.4 Å². The zero-order valence-electron chi connectivity index (χ0n) is 10.4. The number of hydrogen-bond donors (Lipinski definition) is 1. The summed E-state index contributed by atoms with van der Waals surface area (Å²) in [6.07, 6.45) is 4.72. The average Bonchev–Trinajstić information content (AvgIpc) is 2.72. The van der Waals surface area contributed by atoms with Crippen LogP contribution in [-0.4, -0.2) is 32.0 Å². The number of carbonyl (C=O) groups excluding carboxylic acids is 1. The van der Waals surface area contributed by atoms with E-state index in [2.05, 4.69) is 4.98 Å². The van der Waals surface area contributed by atoms with Gasteiger partial charge in [-0.1, -0.05) is 0 Å². The molecule has 1 saturated carbocycles. The largest absolute Gasteiger partial charge is 0.443 e. The molecule has 1 aromatic heterocycles. The van der Waals surface area contributed by atoms with Crippen LogP contribution in [0.25, 0.3) is 0 Å². The van der Waals surface area contributed by atoms with Crippen LogP contribution in [0.1, 0.15) is 39.3 Å². The fraction of sp³-hybridized carbons (Fsp3) is 0.667. The second-order valence-electron chi connectivity index (χ2n) is 5.65. The highest BCUT2D eigenvalue weighted by molar-refractivity contribution is 5.70. The molecule has 1 aliphatic carbocycles. The Morgan fingerprint density at radius 2 is 2.24 bits per heavy atom. The van der Waals surface area contributed by atoms with Crippen LogP contribution < -0.4 is 0 Å². The van der Waals surface area contributed by atoms with Crippen molar-refractivity contribution in [3.63, 3.8) is 0 Å². The molecule has 0 atom stereocenters. The van der Waals surface area contributed by atoms with Gasteiger partial charge in [-0.25, -0.2) is 14.3 Å². The minimum Gasteiger partial charge on any atom is -0.443 e. The fourth-order valence-corrected chi connectivity index (χ4v) is 1.53. The van der Waals surface area contributed by atoms with Gasteiger partial charge in [-0.15, -0.1) is 0 Å². The Kier molecular flexibility index (Phi) is 2.73. The summed E-state index contributed by atoms with van der Waals surface area (Å²) in [5.74, 6) is 0. The minimum absolute atomic E-state index is 0.445. The SMILES string of the molecule is CC(C)(C)OC(=O)n1cnc(CC2(O)CC2)c1. The summed E-state index contributed by atoms with van der Waals surface area (Å²) in [6.45, 7) is 5.45. The third kappa shape index (κ3) is 3.30. The molecule has 1 aromatic rings. The van der Waals surface area contributed by atoms with Crippen molar-refractivity contribution in [2.24, 2.45) is 0 Å². The molecule has 1 heterocycles. The van der Waals surface area contributed by atoms with Gasteiger partial charge in [0.1, 0.15) is 11.9 Å². The van der Waals surface area contributed by atoms with Gasteiger partial charge in [-0.05, 0) is 33.6 Å². The Labute approximate surface area is 100 Å². The number of nitrogens with zero attached hydrogens (tertiary/aromatic N) is 2. The van der Waals surface area contributed by atoms with Crippen molar-refractivity contribution in [1.29, 1.82) is 0 Å². The summed E-state index contributed by atoms with van der Waals surface area (Å²) in [6, 6.07) is 0. The lowest BCUT2D eigenvalue weighted by Crippen LogP contribution is -2.26. The van der Waals surface area contributed by atoms with Crippen LogP contribution in [0.3, 0.4) is 0 Å². The molecular weight excluding hydrogens is 220 g/mol. The van der Waals surface area contributed by atoms with E-state index in [4.69, 9.17) is 4.74 Å². The van der Waals surface area contributed by atoms with E-state index in [1.54, 1.807) is 6.20 Å². The molecule has 0 radical (unpaired) electrons. The summed E-state index contributed by atoms with van der Waals surface area (Å²) in [7, 11) is 0. The number of rotatable bonds is 2. The van der Waals surface area contributed by atoms with Gasteiger partial charge in [0.05, 0.1) is 11.3 Å². The Bertz CT molecular complexity index is 427. The Morgan fingerprint density at radius 1 is 1.59 bits per heavy atom. The summed E-state index contributed by atoms with van der Waals surface area (Å²) in [5, 5.41) is 9.75. The van der Waals surface area contributed by atoms with Crippen LogP contribution >= 0.6 is 0 Å². The van der Waals surface area contributed by atoms with Gasteiger partial charge in [-0.2, -0.15) is 0 Å². The molecule has 0 saturated heterocycles. The molecule has 5 heteroatoms. The summed E-state index contributed by atoms with van der Waals surface area (Å²) in [5.41, 5.74) is -0.389. The van der Waals surface area contributed by atoms with E-state index in [9.17, 15) is 9.90 Å². The first-order valence-corrected chi connectivity index (χ1v) is 5.76. The highest BCUT2D eigenvalue weighted by atomic mass is 16.6. The van der Waals surface area contributed by atoms with E-state index >= 15 is 0 Å². The molecule has 1 aliphatic rings. The molecule has 0 bridgehead atoms. The van der Waals surface area contributed by atoms with Crippen molar-refractivity contribution in [2.45, 2.75) is 51.2 Å². The normalized spacial score (nSPS) is 17.9. The Hall–Kier alpha value is -1.36. The predicted octanol–water partition coefficient (Wildman–Crippen LogP) is 1.73. The molecule has 0 unspecified atom stereocenters. The van der Waals surface area contributed by atoms with E-state index in [0.29, 0.717) is 6.42 Å². The Morgan fingerprint density at radius 3 is 2.76 bits per heavy atom. The van der Waals surface area contributed by atoms with Gasteiger partial charge < -0.3 is 9.84 Å². The number of ether oxygens (including phenoxy) is 1. The van der Waals surface area contributed by atoms with E-state index in [0.717, 1.165) is 18.5 Å². The van der Waals surface area contributed by atoms with Crippen LogP contribution in [0, 0.1) is 0 Å². The predicted molar refractivity (Wildman–Crippen MR) is 61.7 cm³/mol. The molecule has 1 fully saturated rings. The van der Waals surface area contributed by atoms with Crippen molar-refractivity contribution < 1.29 is 14.6 Å². The molecule has 0 aliphatic heterocycles. The summed E-state index contributed by atoms with van der Waals surface area (Å²) >= 11 is 0. The van der Waals surface area contributed by atoms with Gasteiger partial charge in [0.25, 0.3) is 0 Å². The van der Waals surface area contributed by atoms with E-state index in [1.165, 1.54) is 10.9 Å². The molecule has 5 nitrogen and oxygen atoms in total. The lowest BCUT2D eigenvalue weighted by molar-refractivity contribution is 0.0536. The average molecular weight is 238 g/mol. The Balaban J connectivity index is 2.00. The van der Waals surface area contributed by atoms with E-state index in [1.807, 2.05) is 20.8 Å². The first-order valence-electron chi connectivity index (χ1n) is 5.76. The van der Waals surface area contributed by atoms with Crippen molar-refractivity contribution in [2.75, 3.05) is 0 Å². The summed E-state index contributed by atoms with van der Waals surface area (Å²) in [4.78, 5) is 15.8. The van der Waals surface area contributed by atoms with E-state index in [-0.39, 0.29) is 0 Å². The third-order valence-corrected chi connectivity index (χ3v) is 2.58. The van der Waals surface area contributed by atoms with Crippen molar-refractivity contribution in [1.82, 2.24) is 9.55 Å². The van der Waals surface area contributed by atoms with Gasteiger partial charge in [0.15, 0.2) is 0 Å². The van der Waals surface area contributed by atoms with Crippen LogP contribution in [0.2, 0.25) is 0 Å². The highest BCUT2D eigenvalue weighted by Crippen LogP contribution is 2.37. The number of hydrogen-bond acceptors (Lipinski definition) is 4. The number of carbonyl (C=O) groups is 1. The first kappa shape index (κ1) is 12.1. The molecule has 0 spiro atoms. The fourth-order valence-electron chi connectivity index (χ4n) is 1.53. The maximum absolute atomic E-state index is 11.7. The van der Waals surface area contributed by atoms with Crippen LogP contribution in [0.4, 0.5) is 4.79 Å². The van der Waals surface area contributed by atoms with Crippen molar-refractivity contribution >= 4 is 6.09 Å². The molecule has 1 N–H and O–H groups in total. The highest BCUT2D eigenvalue weighted by Gasteiger charge is 2.40. The monoisotopic (exact) mass is 238 g/mol. The molecule has 2 rings (SSSR count). The number of imidazole rings is 1. The zero-order valence-corrected chi connectivity index (χ0v) is 10.4. The van der Waals surface area contributed by atoms with E-state index < -0.39 is 17.3 Å². The zero-order chi connectivity index (χ0) is 12.7. The van der Waals surface area contributed by atoms with Crippen molar-refractivity contribution in [3.05, 3.63) is 18.2 Å². The standard InChI is InChI=1S/C12H18N2O3/c1-11(2,3)17-10(15)14-7-9(13-8-14)6-12(16)4-5-12/h7-8,16H,4-6H2,1-3H3. The first-order chi connectivity index (χ1) is 7.77. The smallest absolute Gasteiger partial charge is 0.419 e.